The average Bonchev–Trinajstić information content (AvgIpc) is 2.62. The second-order valence-electron chi connectivity index (χ2n) is 6.23. The lowest BCUT2D eigenvalue weighted by molar-refractivity contribution is -0.143. The van der Waals surface area contributed by atoms with Gasteiger partial charge in [-0.2, -0.15) is 0 Å². The van der Waals surface area contributed by atoms with Crippen LogP contribution in [0.5, 0.6) is 0 Å². The van der Waals surface area contributed by atoms with E-state index in [2.05, 4.69) is 16.0 Å². The maximum atomic E-state index is 12.0. The first-order chi connectivity index (χ1) is 13.1. The predicted molar refractivity (Wildman–Crippen MR) is 97.9 cm³/mol. The fraction of sp³-hybridized carbons (Fsp3) is 0.688. The van der Waals surface area contributed by atoms with Gasteiger partial charge in [0.2, 0.25) is 17.7 Å². The molecule has 0 saturated carbocycles. The highest BCUT2D eigenvalue weighted by Gasteiger charge is 2.24. The molecule has 28 heavy (non-hydrogen) atoms. The van der Waals surface area contributed by atoms with Gasteiger partial charge in [-0.3, -0.25) is 19.2 Å². The summed E-state index contributed by atoms with van der Waals surface area (Å²) in [5.74, 6) is -4.55. The van der Waals surface area contributed by atoms with Gasteiger partial charge < -0.3 is 37.6 Å². The van der Waals surface area contributed by atoms with E-state index in [1.54, 1.807) is 0 Å². The van der Waals surface area contributed by atoms with Gasteiger partial charge in [0.1, 0.15) is 12.1 Å². The zero-order valence-electron chi connectivity index (χ0n) is 15.8. The summed E-state index contributed by atoms with van der Waals surface area (Å²) < 4.78 is 0. The van der Waals surface area contributed by atoms with Crippen molar-refractivity contribution in [1.82, 2.24) is 16.0 Å². The molecule has 0 heterocycles. The summed E-state index contributed by atoms with van der Waals surface area (Å²) in [6, 6.07) is -3.26. The number of hydrogen-bond acceptors (Lipinski definition) is 7. The van der Waals surface area contributed by atoms with Gasteiger partial charge in [0.15, 0.2) is 0 Å². The van der Waals surface area contributed by atoms with Crippen molar-refractivity contribution in [2.45, 2.75) is 57.2 Å². The minimum atomic E-state index is -1.39. The van der Waals surface area contributed by atoms with Gasteiger partial charge >= 0.3 is 11.9 Å². The lowest BCUT2D eigenvalue weighted by Crippen LogP contribution is -2.52. The summed E-state index contributed by atoms with van der Waals surface area (Å²) in [6.45, 7) is 1.42. The van der Waals surface area contributed by atoms with Crippen molar-refractivity contribution in [3.05, 3.63) is 0 Å². The van der Waals surface area contributed by atoms with Crippen LogP contribution in [0.15, 0.2) is 0 Å². The molecule has 0 aromatic rings. The molecule has 0 rings (SSSR count). The Morgan fingerprint density at radius 3 is 2.14 bits per heavy atom. The van der Waals surface area contributed by atoms with E-state index >= 15 is 0 Å². The molecule has 9 N–H and O–H groups in total. The molecule has 0 aliphatic rings. The van der Waals surface area contributed by atoms with Crippen LogP contribution in [0.1, 0.15) is 39.0 Å². The number of carbonyl (C=O) groups excluding carboxylic acids is 3. The number of carboxylic acid groups (broad SMARTS) is 2. The van der Waals surface area contributed by atoms with Crippen molar-refractivity contribution < 1.29 is 34.2 Å². The topological polar surface area (TPSA) is 214 Å². The smallest absolute Gasteiger partial charge is 0.326 e. The summed E-state index contributed by atoms with van der Waals surface area (Å²) in [5, 5.41) is 24.4. The third kappa shape index (κ3) is 11.1. The lowest BCUT2D eigenvalue weighted by Gasteiger charge is -2.18. The zero-order chi connectivity index (χ0) is 21.7. The Kier molecular flexibility index (Phi) is 12.1. The van der Waals surface area contributed by atoms with Gasteiger partial charge in [-0.1, -0.05) is 6.42 Å². The van der Waals surface area contributed by atoms with Crippen LogP contribution >= 0.6 is 0 Å². The first kappa shape index (κ1) is 25.3. The number of hydrogen-bond donors (Lipinski definition) is 7. The zero-order valence-corrected chi connectivity index (χ0v) is 15.8. The van der Waals surface area contributed by atoms with E-state index in [1.807, 2.05) is 0 Å². The number of rotatable bonds is 14. The van der Waals surface area contributed by atoms with E-state index in [0.717, 1.165) is 6.42 Å². The maximum Gasteiger partial charge on any atom is 0.326 e. The van der Waals surface area contributed by atoms with Crippen molar-refractivity contribution >= 4 is 29.7 Å². The van der Waals surface area contributed by atoms with Crippen LogP contribution in [0.3, 0.4) is 0 Å². The molecule has 3 amide bonds. The molecule has 0 saturated heterocycles. The number of carbonyl (C=O) groups is 5. The molecule has 12 heteroatoms. The summed E-state index contributed by atoms with van der Waals surface area (Å²) in [7, 11) is 0. The predicted octanol–water partition coefficient (Wildman–Crippen LogP) is -2.50. The Labute approximate surface area is 162 Å². The molecule has 0 aliphatic carbocycles. The summed E-state index contributed by atoms with van der Waals surface area (Å²) in [6.07, 6.45) is 1.11. The van der Waals surface area contributed by atoms with E-state index < -0.39 is 60.8 Å². The first-order valence-electron chi connectivity index (χ1n) is 8.86. The number of amides is 3. The summed E-state index contributed by atoms with van der Waals surface area (Å²) >= 11 is 0. The van der Waals surface area contributed by atoms with Crippen LogP contribution in [-0.2, 0) is 24.0 Å². The Morgan fingerprint density at radius 1 is 0.964 bits per heavy atom. The Morgan fingerprint density at radius 2 is 1.61 bits per heavy atom. The quantitative estimate of drug-likeness (QED) is 0.152. The number of unbranched alkanes of at least 4 members (excludes halogenated alkanes) is 1. The molecule has 3 atom stereocenters. The van der Waals surface area contributed by atoms with Gasteiger partial charge in [-0.05, 0) is 32.7 Å². The second-order valence-corrected chi connectivity index (χ2v) is 6.23. The molecule has 0 aromatic carbocycles. The van der Waals surface area contributed by atoms with Crippen molar-refractivity contribution in [3.63, 3.8) is 0 Å². The molecular weight excluding hydrogens is 374 g/mol. The summed E-state index contributed by atoms with van der Waals surface area (Å²) in [5.41, 5.74) is 11.0. The Hall–Kier alpha value is -2.73. The SMILES string of the molecule is CC(NC(=O)CNC(=O)C(N)CCCCN)C(=O)NC(CCC(=O)O)C(=O)O. The number of nitrogens with one attached hydrogen (secondary N) is 3. The lowest BCUT2D eigenvalue weighted by atomic mass is 10.1. The Bertz CT molecular complexity index is 570. The van der Waals surface area contributed by atoms with Gasteiger partial charge in [0.05, 0.1) is 12.6 Å². The second kappa shape index (κ2) is 13.4. The fourth-order valence-electron chi connectivity index (χ4n) is 2.12. The molecule has 0 aromatic heterocycles. The molecule has 0 aliphatic heterocycles. The number of carboxylic acids is 2. The van der Waals surface area contributed by atoms with Crippen LogP contribution in [0, 0.1) is 0 Å². The van der Waals surface area contributed by atoms with Gasteiger partial charge in [0, 0.05) is 6.42 Å². The van der Waals surface area contributed by atoms with Crippen molar-refractivity contribution in [3.8, 4) is 0 Å². The molecule has 0 spiro atoms. The van der Waals surface area contributed by atoms with Crippen molar-refractivity contribution in [2.75, 3.05) is 13.1 Å². The van der Waals surface area contributed by atoms with Crippen LogP contribution in [0.2, 0.25) is 0 Å². The highest BCUT2D eigenvalue weighted by atomic mass is 16.4. The van der Waals surface area contributed by atoms with Crippen molar-refractivity contribution in [2.24, 2.45) is 11.5 Å². The van der Waals surface area contributed by atoms with Gasteiger partial charge in [-0.25, -0.2) is 4.79 Å². The number of aliphatic carboxylic acids is 2. The van der Waals surface area contributed by atoms with Crippen LogP contribution < -0.4 is 27.4 Å². The van der Waals surface area contributed by atoms with Crippen LogP contribution in [0.4, 0.5) is 0 Å². The standard InChI is InChI=1S/C16H29N5O7/c1-9(14(25)21-11(16(27)28)5-6-13(23)24)20-12(22)8-19-15(26)10(18)4-2-3-7-17/h9-11H,2-8,17-18H2,1H3,(H,19,26)(H,20,22)(H,21,25)(H,23,24)(H,27,28). The minimum Gasteiger partial charge on any atom is -0.481 e. The highest BCUT2D eigenvalue weighted by molar-refractivity contribution is 5.92. The van der Waals surface area contributed by atoms with E-state index in [-0.39, 0.29) is 6.42 Å². The molecule has 160 valence electrons. The largest absolute Gasteiger partial charge is 0.481 e. The molecule has 3 unspecified atom stereocenters. The van der Waals surface area contributed by atoms with Gasteiger partial charge in [0.25, 0.3) is 0 Å². The minimum absolute atomic E-state index is 0.296. The third-order valence-corrected chi connectivity index (χ3v) is 3.76. The summed E-state index contributed by atoms with van der Waals surface area (Å²) in [4.78, 5) is 57.2. The molecule has 12 nitrogen and oxygen atoms in total. The monoisotopic (exact) mass is 403 g/mol. The van der Waals surface area contributed by atoms with E-state index in [0.29, 0.717) is 19.4 Å². The average molecular weight is 403 g/mol. The molecule has 0 fully saturated rings. The van der Waals surface area contributed by atoms with Gasteiger partial charge in [-0.15, -0.1) is 0 Å². The van der Waals surface area contributed by atoms with Crippen LogP contribution in [-0.4, -0.2) is 71.1 Å². The molecule has 0 radical (unpaired) electrons. The van der Waals surface area contributed by atoms with Crippen molar-refractivity contribution in [1.29, 1.82) is 0 Å². The van der Waals surface area contributed by atoms with Crippen LogP contribution in [0.25, 0.3) is 0 Å². The van der Waals surface area contributed by atoms with E-state index in [1.165, 1.54) is 6.92 Å². The molecule has 0 bridgehead atoms. The third-order valence-electron chi connectivity index (χ3n) is 3.76. The fourth-order valence-corrected chi connectivity index (χ4v) is 2.12. The highest BCUT2D eigenvalue weighted by Crippen LogP contribution is 1.99. The van der Waals surface area contributed by atoms with E-state index in [4.69, 9.17) is 21.7 Å². The Balaban J connectivity index is 4.36. The first-order valence-corrected chi connectivity index (χ1v) is 8.86. The maximum absolute atomic E-state index is 12.0. The molecular formula is C16H29N5O7. The van der Waals surface area contributed by atoms with E-state index in [9.17, 15) is 24.0 Å². The number of nitrogens with two attached hydrogens (primary N) is 2. The normalized spacial score (nSPS) is 13.7.